The molecule has 16 heavy (non-hydrogen) atoms. The molecule has 0 saturated carbocycles. The molecule has 86 valence electrons. The van der Waals surface area contributed by atoms with E-state index in [9.17, 15) is 9.18 Å². The lowest BCUT2D eigenvalue weighted by molar-refractivity contribution is 0.202. The number of urea groups is 1. The van der Waals surface area contributed by atoms with Crippen molar-refractivity contribution in [2.24, 2.45) is 0 Å². The van der Waals surface area contributed by atoms with Crippen LogP contribution >= 0.6 is 0 Å². The van der Waals surface area contributed by atoms with Crippen LogP contribution in [0.15, 0.2) is 24.3 Å². The van der Waals surface area contributed by atoms with Gasteiger partial charge >= 0.3 is 6.03 Å². The third kappa shape index (κ3) is 2.62. The number of amides is 2. The van der Waals surface area contributed by atoms with Gasteiger partial charge in [-0.3, -0.25) is 0 Å². The maximum Gasteiger partial charge on any atom is 0.317 e. The van der Waals surface area contributed by atoms with E-state index in [-0.39, 0.29) is 11.8 Å². The molecule has 1 heterocycles. The molecule has 1 N–H and O–H groups in total. The average molecular weight is 224 g/mol. The van der Waals surface area contributed by atoms with Gasteiger partial charge in [-0.15, -0.1) is 0 Å². The van der Waals surface area contributed by atoms with Crippen LogP contribution in [0.1, 0.15) is 0 Å². The Balaban J connectivity index is 1.77. The average Bonchev–Trinajstić information content (AvgIpc) is 2.65. The van der Waals surface area contributed by atoms with Crippen molar-refractivity contribution in [2.45, 2.75) is 0 Å². The van der Waals surface area contributed by atoms with Crippen LogP contribution in [0.4, 0.5) is 9.18 Å². The number of rotatable bonds is 4. The highest BCUT2D eigenvalue weighted by molar-refractivity contribution is 5.76. The summed E-state index contributed by atoms with van der Waals surface area (Å²) >= 11 is 0. The van der Waals surface area contributed by atoms with E-state index in [2.05, 4.69) is 5.32 Å². The lowest BCUT2D eigenvalue weighted by Gasteiger charge is -2.14. The molecular weight excluding hydrogens is 211 g/mol. The molecule has 1 aromatic rings. The molecule has 2 amide bonds. The fraction of sp³-hybridized carbons (Fsp3) is 0.364. The maximum absolute atomic E-state index is 12.8. The van der Waals surface area contributed by atoms with Crippen molar-refractivity contribution in [1.82, 2.24) is 10.2 Å². The Kier molecular flexibility index (Phi) is 3.24. The quantitative estimate of drug-likeness (QED) is 0.835. The van der Waals surface area contributed by atoms with Crippen molar-refractivity contribution in [3.8, 4) is 5.75 Å². The summed E-state index contributed by atoms with van der Waals surface area (Å²) in [6, 6.07) is 5.90. The largest absolute Gasteiger partial charge is 0.492 e. The number of nitrogens with one attached hydrogen (secondary N) is 1. The Morgan fingerprint density at radius 2 is 2.38 bits per heavy atom. The first kappa shape index (κ1) is 10.7. The first-order valence-corrected chi connectivity index (χ1v) is 5.17. The van der Waals surface area contributed by atoms with Gasteiger partial charge in [-0.2, -0.15) is 0 Å². The highest BCUT2D eigenvalue weighted by atomic mass is 19.1. The van der Waals surface area contributed by atoms with E-state index in [4.69, 9.17) is 4.74 Å². The van der Waals surface area contributed by atoms with Gasteiger partial charge in [-0.25, -0.2) is 9.18 Å². The second-order valence-corrected chi connectivity index (χ2v) is 3.52. The number of carbonyl (C=O) groups is 1. The summed E-state index contributed by atoms with van der Waals surface area (Å²) < 4.78 is 18.1. The minimum absolute atomic E-state index is 0.0668. The summed E-state index contributed by atoms with van der Waals surface area (Å²) in [5.41, 5.74) is 0. The second kappa shape index (κ2) is 4.83. The van der Waals surface area contributed by atoms with Gasteiger partial charge in [0.15, 0.2) is 0 Å². The highest BCUT2D eigenvalue weighted by Gasteiger charge is 2.18. The fourth-order valence-electron chi connectivity index (χ4n) is 1.55. The molecule has 1 aromatic carbocycles. The Labute approximate surface area is 93.0 Å². The number of hydrogen-bond acceptors (Lipinski definition) is 2. The predicted octanol–water partition coefficient (Wildman–Crippen LogP) is 1.23. The number of ether oxygens (including phenoxy) is 1. The fourth-order valence-corrected chi connectivity index (χ4v) is 1.55. The summed E-state index contributed by atoms with van der Waals surface area (Å²) in [6.45, 7) is 2.27. The van der Waals surface area contributed by atoms with Crippen molar-refractivity contribution in [2.75, 3.05) is 26.2 Å². The number of benzene rings is 1. The minimum Gasteiger partial charge on any atom is -0.492 e. The number of halogens is 1. The lowest BCUT2D eigenvalue weighted by atomic mass is 10.3. The van der Waals surface area contributed by atoms with Gasteiger partial charge in [0.05, 0.1) is 6.54 Å². The Bertz CT molecular complexity index is 384. The molecule has 0 aromatic heterocycles. The van der Waals surface area contributed by atoms with E-state index >= 15 is 0 Å². The van der Waals surface area contributed by atoms with Crippen LogP contribution in [-0.2, 0) is 0 Å². The molecule has 1 saturated heterocycles. The SMILES string of the molecule is O=C1NCCN1CCOc1cccc(F)c1. The molecule has 1 fully saturated rings. The van der Waals surface area contributed by atoms with E-state index in [0.29, 0.717) is 32.0 Å². The zero-order chi connectivity index (χ0) is 11.4. The molecule has 0 aliphatic carbocycles. The van der Waals surface area contributed by atoms with Crippen molar-refractivity contribution in [3.63, 3.8) is 0 Å². The van der Waals surface area contributed by atoms with Crippen LogP contribution in [0.2, 0.25) is 0 Å². The predicted molar refractivity (Wildman–Crippen MR) is 56.9 cm³/mol. The second-order valence-electron chi connectivity index (χ2n) is 3.52. The topological polar surface area (TPSA) is 41.6 Å². The van der Waals surface area contributed by atoms with E-state index in [1.54, 1.807) is 17.0 Å². The number of carbonyl (C=O) groups excluding carboxylic acids is 1. The molecule has 0 spiro atoms. The first-order valence-electron chi connectivity index (χ1n) is 5.17. The zero-order valence-electron chi connectivity index (χ0n) is 8.78. The van der Waals surface area contributed by atoms with E-state index in [1.807, 2.05) is 0 Å². The summed E-state index contributed by atoms with van der Waals surface area (Å²) in [5.74, 6) is 0.163. The summed E-state index contributed by atoms with van der Waals surface area (Å²) in [7, 11) is 0. The molecule has 2 rings (SSSR count). The third-order valence-corrected chi connectivity index (χ3v) is 2.37. The monoisotopic (exact) mass is 224 g/mol. The lowest BCUT2D eigenvalue weighted by Crippen LogP contribution is -2.31. The van der Waals surface area contributed by atoms with E-state index in [0.717, 1.165) is 0 Å². The van der Waals surface area contributed by atoms with Crippen molar-refractivity contribution >= 4 is 6.03 Å². The summed E-state index contributed by atoms with van der Waals surface area (Å²) in [6.07, 6.45) is 0. The standard InChI is InChI=1S/C11H13FN2O2/c12-9-2-1-3-10(8-9)16-7-6-14-5-4-13-11(14)15/h1-3,8H,4-7H2,(H,13,15). The van der Waals surface area contributed by atoms with Crippen molar-refractivity contribution in [1.29, 1.82) is 0 Å². The van der Waals surface area contributed by atoms with E-state index < -0.39 is 0 Å². The van der Waals surface area contributed by atoms with Crippen LogP contribution in [0.25, 0.3) is 0 Å². The van der Waals surface area contributed by atoms with Gasteiger partial charge in [0.1, 0.15) is 18.2 Å². The Morgan fingerprint density at radius 3 is 3.06 bits per heavy atom. The summed E-state index contributed by atoms with van der Waals surface area (Å²) in [5, 5.41) is 2.70. The van der Waals surface area contributed by atoms with Gasteiger partial charge in [0, 0.05) is 19.2 Å². The van der Waals surface area contributed by atoms with Gasteiger partial charge < -0.3 is 15.0 Å². The van der Waals surface area contributed by atoms with Crippen LogP contribution in [0, 0.1) is 5.82 Å². The third-order valence-electron chi connectivity index (χ3n) is 2.37. The minimum atomic E-state index is -0.323. The molecular formula is C11H13FN2O2. The smallest absolute Gasteiger partial charge is 0.317 e. The van der Waals surface area contributed by atoms with Crippen LogP contribution < -0.4 is 10.1 Å². The van der Waals surface area contributed by atoms with E-state index in [1.165, 1.54) is 12.1 Å². The zero-order valence-corrected chi connectivity index (χ0v) is 8.78. The van der Waals surface area contributed by atoms with Crippen LogP contribution in [0.5, 0.6) is 5.75 Å². The van der Waals surface area contributed by atoms with Gasteiger partial charge in [0.25, 0.3) is 0 Å². The number of nitrogens with zero attached hydrogens (tertiary/aromatic N) is 1. The molecule has 4 nitrogen and oxygen atoms in total. The number of hydrogen-bond donors (Lipinski definition) is 1. The molecule has 1 aliphatic heterocycles. The van der Waals surface area contributed by atoms with Gasteiger partial charge in [-0.05, 0) is 12.1 Å². The molecule has 0 bridgehead atoms. The van der Waals surface area contributed by atoms with Crippen molar-refractivity contribution in [3.05, 3.63) is 30.1 Å². The maximum atomic E-state index is 12.8. The normalized spacial score (nSPS) is 15.1. The molecule has 0 radical (unpaired) electrons. The van der Waals surface area contributed by atoms with Gasteiger partial charge in [-0.1, -0.05) is 6.07 Å². The molecule has 1 aliphatic rings. The molecule has 0 unspecified atom stereocenters. The summed E-state index contributed by atoms with van der Waals surface area (Å²) in [4.78, 5) is 12.8. The molecule has 0 atom stereocenters. The van der Waals surface area contributed by atoms with Crippen molar-refractivity contribution < 1.29 is 13.9 Å². The Hall–Kier alpha value is -1.78. The first-order chi connectivity index (χ1) is 7.75. The van der Waals surface area contributed by atoms with Crippen LogP contribution in [-0.4, -0.2) is 37.2 Å². The highest BCUT2D eigenvalue weighted by Crippen LogP contribution is 2.11. The Morgan fingerprint density at radius 1 is 1.50 bits per heavy atom. The molecule has 5 heteroatoms. The van der Waals surface area contributed by atoms with Gasteiger partial charge in [0.2, 0.25) is 0 Å². The van der Waals surface area contributed by atoms with Crippen LogP contribution in [0.3, 0.4) is 0 Å².